The average molecular weight is 315 g/mol. The maximum atomic E-state index is 5.72. The number of hydrogen-bond acceptors (Lipinski definition) is 5. The molecule has 0 radical (unpaired) electrons. The molecule has 0 fully saturated rings. The summed E-state index contributed by atoms with van der Waals surface area (Å²) in [7, 11) is 3.25. The summed E-state index contributed by atoms with van der Waals surface area (Å²) in [6.45, 7) is 0. The van der Waals surface area contributed by atoms with Gasteiger partial charge in [0.1, 0.15) is 26.1 Å². The normalized spacial score (nSPS) is 10.3. The van der Waals surface area contributed by atoms with Gasteiger partial charge in [0.25, 0.3) is 0 Å². The van der Waals surface area contributed by atoms with Gasteiger partial charge in [-0.05, 0) is 34.1 Å². The van der Waals surface area contributed by atoms with E-state index in [1.54, 1.807) is 14.2 Å². The van der Waals surface area contributed by atoms with E-state index >= 15 is 0 Å². The van der Waals surface area contributed by atoms with Crippen LogP contribution < -0.4 is 15.2 Å². The van der Waals surface area contributed by atoms with Crippen LogP contribution in [0.2, 0.25) is 0 Å². The smallest absolute Gasteiger partial charge is 0.149 e. The molecule has 2 aromatic rings. The molecular weight excluding hydrogens is 304 g/mol. The Labute approximate surface area is 112 Å². The predicted molar refractivity (Wildman–Crippen MR) is 72.8 cm³/mol. The molecule has 0 atom stereocenters. The van der Waals surface area contributed by atoms with Gasteiger partial charge in [-0.25, -0.2) is 4.98 Å². The van der Waals surface area contributed by atoms with Crippen LogP contribution in [0.25, 0.3) is 10.6 Å². The molecule has 0 spiro atoms. The standard InChI is InChI=1S/C11H11BrN2O2S/c1-15-6-3-4-8(16-2)7(5-6)11-14-10(13)9(12)17-11/h3-5H,13H2,1-2H3. The number of anilines is 1. The molecule has 0 bridgehead atoms. The second-order valence-electron chi connectivity index (χ2n) is 3.24. The molecule has 0 saturated carbocycles. The minimum Gasteiger partial charge on any atom is -0.497 e. The molecule has 6 heteroatoms. The van der Waals surface area contributed by atoms with E-state index in [0.29, 0.717) is 5.82 Å². The van der Waals surface area contributed by atoms with Crippen LogP contribution in [-0.4, -0.2) is 19.2 Å². The number of nitrogen functional groups attached to an aromatic ring is 1. The van der Waals surface area contributed by atoms with Crippen molar-refractivity contribution in [3.8, 4) is 22.1 Å². The average Bonchev–Trinajstić information content (AvgIpc) is 2.68. The third-order valence-electron chi connectivity index (χ3n) is 2.25. The van der Waals surface area contributed by atoms with Crippen LogP contribution in [-0.2, 0) is 0 Å². The van der Waals surface area contributed by atoms with Crippen LogP contribution in [0, 0.1) is 0 Å². The van der Waals surface area contributed by atoms with Crippen molar-refractivity contribution in [1.29, 1.82) is 0 Å². The fourth-order valence-electron chi connectivity index (χ4n) is 1.41. The molecule has 1 aromatic carbocycles. The second-order valence-corrected chi connectivity index (χ2v) is 5.56. The number of nitrogens with zero attached hydrogens (tertiary/aromatic N) is 1. The molecule has 1 heterocycles. The number of halogens is 1. The minimum absolute atomic E-state index is 0.481. The van der Waals surface area contributed by atoms with Crippen molar-refractivity contribution in [1.82, 2.24) is 4.98 Å². The summed E-state index contributed by atoms with van der Waals surface area (Å²) in [6.07, 6.45) is 0. The summed E-state index contributed by atoms with van der Waals surface area (Å²) < 4.78 is 11.3. The van der Waals surface area contributed by atoms with Crippen LogP contribution in [0.4, 0.5) is 5.82 Å². The molecule has 1 aromatic heterocycles. The lowest BCUT2D eigenvalue weighted by atomic mass is 10.2. The lowest BCUT2D eigenvalue weighted by Crippen LogP contribution is -1.90. The summed E-state index contributed by atoms with van der Waals surface area (Å²) in [6, 6.07) is 5.57. The highest BCUT2D eigenvalue weighted by Crippen LogP contribution is 2.39. The van der Waals surface area contributed by atoms with Gasteiger partial charge in [-0.1, -0.05) is 0 Å². The van der Waals surface area contributed by atoms with E-state index in [1.165, 1.54) is 11.3 Å². The molecule has 0 aliphatic carbocycles. The number of thiazole rings is 1. The van der Waals surface area contributed by atoms with Gasteiger partial charge in [0.05, 0.1) is 19.8 Å². The first-order chi connectivity index (χ1) is 8.15. The zero-order chi connectivity index (χ0) is 12.4. The molecule has 0 unspecified atom stereocenters. The number of benzene rings is 1. The first kappa shape index (κ1) is 12.2. The molecule has 0 aliphatic heterocycles. The monoisotopic (exact) mass is 314 g/mol. The van der Waals surface area contributed by atoms with Crippen LogP contribution in [0.15, 0.2) is 22.0 Å². The summed E-state index contributed by atoms with van der Waals surface area (Å²) in [5, 5.41) is 0.796. The van der Waals surface area contributed by atoms with Crippen LogP contribution in [0.1, 0.15) is 0 Å². The third kappa shape index (κ3) is 2.37. The van der Waals surface area contributed by atoms with Gasteiger partial charge in [-0.3, -0.25) is 0 Å². The minimum atomic E-state index is 0.481. The third-order valence-corrected chi connectivity index (χ3v) is 4.03. The van der Waals surface area contributed by atoms with Crippen molar-refractivity contribution >= 4 is 33.1 Å². The maximum absolute atomic E-state index is 5.72. The lowest BCUT2D eigenvalue weighted by molar-refractivity contribution is 0.404. The fraction of sp³-hybridized carbons (Fsp3) is 0.182. The second kappa shape index (κ2) is 4.93. The first-order valence-corrected chi connectivity index (χ1v) is 6.41. The fourth-order valence-corrected chi connectivity index (χ4v) is 2.69. The number of aromatic nitrogens is 1. The Morgan fingerprint density at radius 2 is 2.06 bits per heavy atom. The summed E-state index contributed by atoms with van der Waals surface area (Å²) in [4.78, 5) is 4.28. The quantitative estimate of drug-likeness (QED) is 0.945. The Bertz CT molecular complexity index is 523. The molecule has 90 valence electrons. The van der Waals surface area contributed by atoms with E-state index in [9.17, 15) is 0 Å². The Kier molecular flexibility index (Phi) is 3.54. The zero-order valence-corrected chi connectivity index (χ0v) is 11.8. The van der Waals surface area contributed by atoms with E-state index < -0.39 is 0 Å². The van der Waals surface area contributed by atoms with Crippen LogP contribution in [0.5, 0.6) is 11.5 Å². The molecule has 0 saturated heterocycles. The largest absolute Gasteiger partial charge is 0.497 e. The molecule has 2 rings (SSSR count). The van der Waals surface area contributed by atoms with Gasteiger partial charge >= 0.3 is 0 Å². The number of methoxy groups -OCH3 is 2. The molecule has 4 nitrogen and oxygen atoms in total. The van der Waals surface area contributed by atoms with Gasteiger partial charge in [0.2, 0.25) is 0 Å². The number of rotatable bonds is 3. The maximum Gasteiger partial charge on any atom is 0.149 e. The molecule has 0 amide bonds. The van der Waals surface area contributed by atoms with Crippen molar-refractivity contribution in [3.05, 3.63) is 22.0 Å². The SMILES string of the molecule is COc1ccc(OC)c(-c2nc(N)c(Br)s2)c1. The van der Waals surface area contributed by atoms with Crippen molar-refractivity contribution in [2.24, 2.45) is 0 Å². The summed E-state index contributed by atoms with van der Waals surface area (Å²) in [5.41, 5.74) is 6.59. The van der Waals surface area contributed by atoms with Crippen LogP contribution in [0.3, 0.4) is 0 Å². The van der Waals surface area contributed by atoms with Gasteiger partial charge in [0, 0.05) is 0 Å². The molecule has 0 aliphatic rings. The van der Waals surface area contributed by atoms with Gasteiger partial charge in [-0.2, -0.15) is 0 Å². The Balaban J connectivity index is 2.55. The van der Waals surface area contributed by atoms with Crippen molar-refractivity contribution in [2.45, 2.75) is 0 Å². The number of hydrogen-bond donors (Lipinski definition) is 1. The molecule has 17 heavy (non-hydrogen) atoms. The highest BCUT2D eigenvalue weighted by Gasteiger charge is 2.13. The topological polar surface area (TPSA) is 57.4 Å². The Hall–Kier alpha value is -1.27. The molecule has 2 N–H and O–H groups in total. The van der Waals surface area contributed by atoms with Gasteiger partial charge in [-0.15, -0.1) is 11.3 Å². The zero-order valence-electron chi connectivity index (χ0n) is 9.36. The van der Waals surface area contributed by atoms with E-state index in [4.69, 9.17) is 15.2 Å². The van der Waals surface area contributed by atoms with Crippen molar-refractivity contribution in [3.63, 3.8) is 0 Å². The van der Waals surface area contributed by atoms with Crippen molar-refractivity contribution in [2.75, 3.05) is 20.0 Å². The number of nitrogens with two attached hydrogens (primary N) is 1. The highest BCUT2D eigenvalue weighted by molar-refractivity contribution is 9.11. The first-order valence-electron chi connectivity index (χ1n) is 4.80. The predicted octanol–water partition coefficient (Wildman–Crippen LogP) is 3.17. The van der Waals surface area contributed by atoms with Crippen molar-refractivity contribution < 1.29 is 9.47 Å². The van der Waals surface area contributed by atoms with Crippen LogP contribution >= 0.6 is 27.3 Å². The lowest BCUT2D eigenvalue weighted by Gasteiger charge is -2.07. The summed E-state index contributed by atoms with van der Waals surface area (Å²) >= 11 is 4.82. The van der Waals surface area contributed by atoms with E-state index in [-0.39, 0.29) is 0 Å². The Morgan fingerprint density at radius 3 is 2.59 bits per heavy atom. The Morgan fingerprint density at radius 1 is 1.29 bits per heavy atom. The van der Waals surface area contributed by atoms with E-state index in [2.05, 4.69) is 20.9 Å². The van der Waals surface area contributed by atoms with E-state index in [1.807, 2.05) is 18.2 Å². The highest BCUT2D eigenvalue weighted by atomic mass is 79.9. The van der Waals surface area contributed by atoms with Gasteiger partial charge < -0.3 is 15.2 Å². The molecular formula is C11H11BrN2O2S. The summed E-state index contributed by atoms with van der Waals surface area (Å²) in [5.74, 6) is 1.98. The van der Waals surface area contributed by atoms with E-state index in [0.717, 1.165) is 25.9 Å². The van der Waals surface area contributed by atoms with Gasteiger partial charge in [0.15, 0.2) is 0 Å². The number of ether oxygens (including phenoxy) is 2.